The van der Waals surface area contributed by atoms with Gasteiger partial charge < -0.3 is 0 Å². The highest BCUT2D eigenvalue weighted by molar-refractivity contribution is 5.96. The second-order valence-corrected chi connectivity index (χ2v) is 3.35. The maximum absolute atomic E-state index is 11.2. The predicted molar refractivity (Wildman–Crippen MR) is 55.3 cm³/mol. The van der Waals surface area contributed by atoms with Gasteiger partial charge in [0.1, 0.15) is 0 Å². The number of carbonyl (C=O) groups excluding carboxylic acids is 1. The molecule has 1 aromatic rings. The van der Waals surface area contributed by atoms with Gasteiger partial charge in [0.25, 0.3) is 0 Å². The molecule has 0 saturated heterocycles. The average Bonchev–Trinajstić information content (AvgIpc) is 2.16. The Morgan fingerprint density at radius 2 is 2.14 bits per heavy atom. The fourth-order valence-corrected chi connectivity index (χ4v) is 1.54. The van der Waals surface area contributed by atoms with Crippen molar-refractivity contribution < 1.29 is 4.79 Å². The first-order chi connectivity index (χ1) is 6.60. The van der Waals surface area contributed by atoms with Crippen molar-refractivity contribution in [3.63, 3.8) is 0 Å². The lowest BCUT2D eigenvalue weighted by Crippen LogP contribution is -2.00. The summed E-state index contributed by atoms with van der Waals surface area (Å²) in [6.07, 6.45) is 0.821. The maximum atomic E-state index is 11.2. The van der Waals surface area contributed by atoms with Gasteiger partial charge in [-0.2, -0.15) is 5.26 Å². The highest BCUT2D eigenvalue weighted by atomic mass is 16.1. The summed E-state index contributed by atoms with van der Waals surface area (Å²) in [5, 5.41) is 8.89. The smallest absolute Gasteiger partial charge is 0.160 e. The molecule has 1 aromatic carbocycles. The summed E-state index contributed by atoms with van der Waals surface area (Å²) in [7, 11) is 0. The molecule has 0 atom stereocenters. The van der Waals surface area contributed by atoms with Gasteiger partial charge in [0.05, 0.1) is 11.6 Å². The van der Waals surface area contributed by atoms with Crippen LogP contribution in [-0.2, 0) is 6.42 Å². The number of benzene rings is 1. The van der Waals surface area contributed by atoms with Crippen molar-refractivity contribution >= 4 is 5.78 Å². The molecule has 0 saturated carbocycles. The van der Waals surface area contributed by atoms with E-state index < -0.39 is 0 Å². The molecule has 2 nitrogen and oxygen atoms in total. The van der Waals surface area contributed by atoms with Gasteiger partial charge in [-0.25, -0.2) is 0 Å². The first-order valence-electron chi connectivity index (χ1n) is 4.64. The second kappa shape index (κ2) is 4.06. The molecule has 0 N–H and O–H groups in total. The summed E-state index contributed by atoms with van der Waals surface area (Å²) in [6, 6.07) is 5.73. The van der Waals surface area contributed by atoms with Gasteiger partial charge in [-0.3, -0.25) is 4.79 Å². The molecular formula is C12H13NO. The van der Waals surface area contributed by atoms with Crippen molar-refractivity contribution in [2.45, 2.75) is 27.2 Å². The molecule has 0 aliphatic heterocycles. The molecule has 0 bridgehead atoms. The standard InChI is InChI=1S/C12H13NO/c1-4-10-5-8(2)12(9(3)14)6-11(10)7-13/h5-6H,4H2,1-3H3. The van der Waals surface area contributed by atoms with Crippen LogP contribution in [0, 0.1) is 18.3 Å². The number of nitrogens with zero attached hydrogens (tertiary/aromatic N) is 1. The minimum absolute atomic E-state index is 0.0154. The van der Waals surface area contributed by atoms with E-state index in [4.69, 9.17) is 5.26 Å². The molecule has 0 amide bonds. The number of ketones is 1. The second-order valence-electron chi connectivity index (χ2n) is 3.35. The Balaban J connectivity index is 3.40. The van der Waals surface area contributed by atoms with Crippen LogP contribution in [0.5, 0.6) is 0 Å². The monoisotopic (exact) mass is 187 g/mol. The zero-order valence-corrected chi connectivity index (χ0v) is 8.72. The van der Waals surface area contributed by atoms with Crippen LogP contribution < -0.4 is 0 Å². The molecule has 0 aromatic heterocycles. The Bertz CT molecular complexity index is 413. The van der Waals surface area contributed by atoms with Gasteiger partial charge in [-0.15, -0.1) is 0 Å². The fraction of sp³-hybridized carbons (Fsp3) is 0.333. The number of hydrogen-bond donors (Lipinski definition) is 0. The molecule has 0 aliphatic rings. The third kappa shape index (κ3) is 1.82. The van der Waals surface area contributed by atoms with E-state index in [0.717, 1.165) is 17.5 Å². The van der Waals surface area contributed by atoms with Crippen LogP contribution in [0.2, 0.25) is 0 Å². The molecule has 0 heterocycles. The van der Waals surface area contributed by atoms with Crippen LogP contribution in [0.4, 0.5) is 0 Å². The van der Waals surface area contributed by atoms with Crippen molar-refractivity contribution in [2.24, 2.45) is 0 Å². The zero-order chi connectivity index (χ0) is 10.7. The molecule has 0 radical (unpaired) electrons. The van der Waals surface area contributed by atoms with E-state index in [2.05, 4.69) is 6.07 Å². The van der Waals surface area contributed by atoms with Gasteiger partial charge in [0.2, 0.25) is 0 Å². The van der Waals surface area contributed by atoms with E-state index in [-0.39, 0.29) is 5.78 Å². The third-order valence-electron chi connectivity index (χ3n) is 2.33. The number of Topliss-reactive ketones (excluding diaryl/α,β-unsaturated/α-hetero) is 1. The fourth-order valence-electron chi connectivity index (χ4n) is 1.54. The Labute approximate surface area is 84.2 Å². The van der Waals surface area contributed by atoms with Crippen molar-refractivity contribution in [3.05, 3.63) is 34.4 Å². The summed E-state index contributed by atoms with van der Waals surface area (Å²) >= 11 is 0. The third-order valence-corrected chi connectivity index (χ3v) is 2.33. The van der Waals surface area contributed by atoms with Crippen molar-refractivity contribution in [3.8, 4) is 6.07 Å². The van der Waals surface area contributed by atoms with Gasteiger partial charge in [-0.05, 0) is 37.5 Å². The molecule has 14 heavy (non-hydrogen) atoms. The van der Waals surface area contributed by atoms with Gasteiger partial charge in [-0.1, -0.05) is 13.0 Å². The van der Waals surface area contributed by atoms with Crippen LogP contribution in [0.3, 0.4) is 0 Å². The summed E-state index contributed by atoms with van der Waals surface area (Å²) in [5.41, 5.74) is 3.23. The van der Waals surface area contributed by atoms with E-state index >= 15 is 0 Å². The molecule has 1 rings (SSSR count). The van der Waals surface area contributed by atoms with Crippen LogP contribution >= 0.6 is 0 Å². The van der Waals surface area contributed by atoms with E-state index in [1.54, 1.807) is 6.07 Å². The predicted octanol–water partition coefficient (Wildman–Crippen LogP) is 2.63. The first kappa shape index (κ1) is 10.5. The molecular weight excluding hydrogens is 174 g/mol. The summed E-state index contributed by atoms with van der Waals surface area (Å²) in [4.78, 5) is 11.2. The maximum Gasteiger partial charge on any atom is 0.160 e. The topological polar surface area (TPSA) is 40.9 Å². The van der Waals surface area contributed by atoms with Crippen molar-refractivity contribution in [2.75, 3.05) is 0 Å². The highest BCUT2D eigenvalue weighted by Gasteiger charge is 2.08. The number of hydrogen-bond acceptors (Lipinski definition) is 2. The van der Waals surface area contributed by atoms with Crippen LogP contribution in [0.1, 0.15) is 40.9 Å². The minimum atomic E-state index is 0.0154. The summed E-state index contributed by atoms with van der Waals surface area (Å²) < 4.78 is 0. The number of nitriles is 1. The van der Waals surface area contributed by atoms with E-state index in [1.165, 1.54) is 6.92 Å². The molecule has 0 aliphatic carbocycles. The normalized spacial score (nSPS) is 9.57. The average molecular weight is 187 g/mol. The Morgan fingerprint density at radius 3 is 2.57 bits per heavy atom. The molecule has 0 unspecified atom stereocenters. The van der Waals surface area contributed by atoms with Crippen LogP contribution in [-0.4, -0.2) is 5.78 Å². The Kier molecular flexibility index (Phi) is 3.03. The molecule has 72 valence electrons. The van der Waals surface area contributed by atoms with Gasteiger partial charge in [0, 0.05) is 5.56 Å². The molecule has 0 spiro atoms. The summed E-state index contributed by atoms with van der Waals surface area (Å²) in [5.74, 6) is 0.0154. The van der Waals surface area contributed by atoms with Crippen molar-refractivity contribution in [1.29, 1.82) is 5.26 Å². The summed E-state index contributed by atoms with van der Waals surface area (Å²) in [6.45, 7) is 5.43. The lowest BCUT2D eigenvalue weighted by molar-refractivity contribution is 0.101. The van der Waals surface area contributed by atoms with Crippen LogP contribution in [0.25, 0.3) is 0 Å². The largest absolute Gasteiger partial charge is 0.295 e. The SMILES string of the molecule is CCc1cc(C)c(C(C)=O)cc1C#N. The van der Waals surface area contributed by atoms with E-state index in [0.29, 0.717) is 11.1 Å². The van der Waals surface area contributed by atoms with Gasteiger partial charge in [0.15, 0.2) is 5.78 Å². The lowest BCUT2D eigenvalue weighted by atomic mass is 9.96. The van der Waals surface area contributed by atoms with E-state index in [9.17, 15) is 4.79 Å². The van der Waals surface area contributed by atoms with Crippen LogP contribution in [0.15, 0.2) is 12.1 Å². The quantitative estimate of drug-likeness (QED) is 0.668. The minimum Gasteiger partial charge on any atom is -0.295 e. The number of rotatable bonds is 2. The lowest BCUT2D eigenvalue weighted by Gasteiger charge is -2.06. The number of aryl methyl sites for hydroxylation is 2. The number of carbonyl (C=O) groups is 1. The molecule has 2 heteroatoms. The first-order valence-corrected chi connectivity index (χ1v) is 4.64. The molecule has 0 fully saturated rings. The zero-order valence-electron chi connectivity index (χ0n) is 8.72. The highest BCUT2D eigenvalue weighted by Crippen LogP contribution is 2.17. The van der Waals surface area contributed by atoms with Gasteiger partial charge >= 0.3 is 0 Å². The Hall–Kier alpha value is -1.62. The van der Waals surface area contributed by atoms with E-state index in [1.807, 2.05) is 19.9 Å². The Morgan fingerprint density at radius 1 is 1.50 bits per heavy atom. The van der Waals surface area contributed by atoms with Crippen molar-refractivity contribution in [1.82, 2.24) is 0 Å².